The fourth-order valence-electron chi connectivity index (χ4n) is 4.24. The maximum absolute atomic E-state index is 3.53. The van der Waals surface area contributed by atoms with Crippen LogP contribution in [-0.2, 0) is 0 Å². The number of hydrogen-bond donors (Lipinski definition) is 1. The van der Waals surface area contributed by atoms with Crippen LogP contribution in [0.25, 0.3) is 15.7 Å². The lowest BCUT2D eigenvalue weighted by atomic mass is 9.83. The van der Waals surface area contributed by atoms with E-state index in [0.717, 1.165) is 5.92 Å². The molecule has 1 saturated carbocycles. The molecule has 0 saturated heterocycles. The van der Waals surface area contributed by atoms with Gasteiger partial charge in [-0.3, -0.25) is 0 Å². The molecule has 1 heterocycles. The third-order valence-electron chi connectivity index (χ3n) is 5.04. The Morgan fingerprint density at radius 2 is 2.15 bits per heavy atom. The lowest BCUT2D eigenvalue weighted by molar-refractivity contribution is 0.404. The number of fused-ring (bicyclic) bond motifs is 3. The standard InChI is InChI=1S/C17H19NS.ClH/c1-17-8-6-12(10-17)14(16(17)18-2)13-5-3-4-11-7-9-19-15(11)13;/h3-5,7,9,12,18H,6,8,10H2,1-2H3;1H/t12-,17+;/m1./s1. The van der Waals surface area contributed by atoms with Gasteiger partial charge in [0.25, 0.3) is 0 Å². The quantitative estimate of drug-likeness (QED) is 0.816. The van der Waals surface area contributed by atoms with Crippen LogP contribution in [0, 0.1) is 11.3 Å². The smallest absolute Gasteiger partial charge is 0.0418 e. The first-order valence-electron chi connectivity index (χ1n) is 7.12. The van der Waals surface area contributed by atoms with Gasteiger partial charge in [0.2, 0.25) is 0 Å². The highest BCUT2D eigenvalue weighted by molar-refractivity contribution is 7.17. The van der Waals surface area contributed by atoms with E-state index in [4.69, 9.17) is 0 Å². The van der Waals surface area contributed by atoms with E-state index in [-0.39, 0.29) is 12.4 Å². The lowest BCUT2D eigenvalue weighted by Gasteiger charge is -2.27. The minimum atomic E-state index is 0. The Morgan fingerprint density at radius 1 is 1.30 bits per heavy atom. The Balaban J connectivity index is 0.00000121. The number of thiophene rings is 1. The van der Waals surface area contributed by atoms with Crippen molar-refractivity contribution in [1.82, 2.24) is 5.32 Å². The van der Waals surface area contributed by atoms with Crippen LogP contribution in [0.4, 0.5) is 0 Å². The van der Waals surface area contributed by atoms with Gasteiger partial charge in [-0.15, -0.1) is 23.7 Å². The van der Waals surface area contributed by atoms with Gasteiger partial charge in [0.1, 0.15) is 0 Å². The molecule has 0 spiro atoms. The van der Waals surface area contributed by atoms with Gasteiger partial charge in [0.15, 0.2) is 0 Å². The van der Waals surface area contributed by atoms with Crippen molar-refractivity contribution in [2.45, 2.75) is 26.2 Å². The number of nitrogens with one attached hydrogen (secondary N) is 1. The molecule has 2 aromatic rings. The average Bonchev–Trinajstić information content (AvgIpc) is 3.08. The summed E-state index contributed by atoms with van der Waals surface area (Å²) in [6, 6.07) is 8.98. The third-order valence-corrected chi connectivity index (χ3v) is 6.01. The predicted octanol–water partition coefficient (Wildman–Crippen LogP) is 5.07. The van der Waals surface area contributed by atoms with Crippen molar-refractivity contribution < 1.29 is 0 Å². The average molecular weight is 306 g/mol. The summed E-state index contributed by atoms with van der Waals surface area (Å²) in [5, 5.41) is 7.12. The molecular formula is C17H20ClNS. The Hall–Kier alpha value is -0.990. The van der Waals surface area contributed by atoms with Gasteiger partial charge < -0.3 is 5.32 Å². The first-order valence-corrected chi connectivity index (χ1v) is 8.00. The predicted molar refractivity (Wildman–Crippen MR) is 90.5 cm³/mol. The van der Waals surface area contributed by atoms with Crippen LogP contribution in [0.5, 0.6) is 0 Å². The van der Waals surface area contributed by atoms with Gasteiger partial charge >= 0.3 is 0 Å². The van der Waals surface area contributed by atoms with E-state index >= 15 is 0 Å². The van der Waals surface area contributed by atoms with Crippen LogP contribution < -0.4 is 5.32 Å². The maximum atomic E-state index is 3.53. The van der Waals surface area contributed by atoms with Crippen LogP contribution in [0.1, 0.15) is 31.7 Å². The molecule has 1 fully saturated rings. The Labute approximate surface area is 130 Å². The summed E-state index contributed by atoms with van der Waals surface area (Å²) in [7, 11) is 2.09. The zero-order chi connectivity index (χ0) is 13.0. The summed E-state index contributed by atoms with van der Waals surface area (Å²) in [5.41, 5.74) is 4.98. The largest absolute Gasteiger partial charge is 0.391 e. The van der Waals surface area contributed by atoms with Crippen molar-refractivity contribution in [3.63, 3.8) is 0 Å². The van der Waals surface area contributed by atoms with Crippen LogP contribution >= 0.6 is 23.7 Å². The molecule has 0 aliphatic heterocycles. The second kappa shape index (κ2) is 4.78. The number of allylic oxidation sites excluding steroid dienone is 2. The van der Waals surface area contributed by atoms with Gasteiger partial charge in [-0.1, -0.05) is 25.1 Å². The maximum Gasteiger partial charge on any atom is 0.0418 e. The molecule has 20 heavy (non-hydrogen) atoms. The first kappa shape index (κ1) is 14.0. The summed E-state index contributed by atoms with van der Waals surface area (Å²) >= 11 is 1.88. The molecular weight excluding hydrogens is 286 g/mol. The van der Waals surface area contributed by atoms with Crippen LogP contribution in [0.3, 0.4) is 0 Å². The third kappa shape index (κ3) is 1.74. The highest BCUT2D eigenvalue weighted by atomic mass is 35.5. The molecule has 1 N–H and O–H groups in total. The van der Waals surface area contributed by atoms with E-state index in [1.165, 1.54) is 40.6 Å². The number of benzene rings is 1. The van der Waals surface area contributed by atoms with Crippen LogP contribution in [-0.4, -0.2) is 7.05 Å². The number of halogens is 1. The summed E-state index contributed by atoms with van der Waals surface area (Å²) < 4.78 is 1.46. The highest BCUT2D eigenvalue weighted by Gasteiger charge is 2.47. The Kier molecular flexibility index (Phi) is 3.34. The molecule has 0 amide bonds. The zero-order valence-electron chi connectivity index (χ0n) is 11.9. The van der Waals surface area contributed by atoms with Crippen LogP contribution in [0.15, 0.2) is 35.3 Å². The van der Waals surface area contributed by atoms with E-state index in [2.05, 4.69) is 48.9 Å². The second-order valence-electron chi connectivity index (χ2n) is 6.18. The summed E-state index contributed by atoms with van der Waals surface area (Å²) in [4.78, 5) is 0. The van der Waals surface area contributed by atoms with Crippen molar-refractivity contribution >= 4 is 39.4 Å². The molecule has 2 bridgehead atoms. The van der Waals surface area contributed by atoms with Crippen LogP contribution in [0.2, 0.25) is 0 Å². The molecule has 2 aliphatic carbocycles. The minimum Gasteiger partial charge on any atom is -0.391 e. The molecule has 106 valence electrons. The second-order valence-corrected chi connectivity index (χ2v) is 7.10. The fourth-order valence-corrected chi connectivity index (χ4v) is 5.17. The SMILES string of the molecule is CNC1=C(c2cccc3ccsc23)[C@@H]2CC[C@@]1(C)C2.Cl. The normalized spacial score (nSPS) is 28.0. The molecule has 0 unspecified atom stereocenters. The van der Waals surface area contributed by atoms with Crippen molar-refractivity contribution in [3.05, 3.63) is 40.9 Å². The molecule has 4 rings (SSSR count). The van der Waals surface area contributed by atoms with Gasteiger partial charge in [0.05, 0.1) is 0 Å². The minimum absolute atomic E-state index is 0. The van der Waals surface area contributed by atoms with Crippen molar-refractivity contribution in [1.29, 1.82) is 0 Å². The lowest BCUT2D eigenvalue weighted by Crippen LogP contribution is -2.23. The molecule has 1 aromatic heterocycles. The molecule has 1 aromatic carbocycles. The first-order chi connectivity index (χ1) is 9.23. The zero-order valence-corrected chi connectivity index (χ0v) is 13.5. The van der Waals surface area contributed by atoms with Gasteiger partial charge in [-0.05, 0) is 53.1 Å². The van der Waals surface area contributed by atoms with Crippen molar-refractivity contribution in [2.24, 2.45) is 11.3 Å². The Morgan fingerprint density at radius 3 is 2.95 bits per heavy atom. The van der Waals surface area contributed by atoms with Gasteiger partial charge in [-0.25, -0.2) is 0 Å². The van der Waals surface area contributed by atoms with Crippen molar-refractivity contribution in [2.75, 3.05) is 7.05 Å². The number of hydrogen-bond acceptors (Lipinski definition) is 2. The molecule has 1 nitrogen and oxygen atoms in total. The van der Waals surface area contributed by atoms with E-state index in [1.54, 1.807) is 5.57 Å². The molecule has 2 aliphatic rings. The monoisotopic (exact) mass is 305 g/mol. The number of rotatable bonds is 2. The van der Waals surface area contributed by atoms with E-state index in [9.17, 15) is 0 Å². The summed E-state index contributed by atoms with van der Waals surface area (Å²) in [5.74, 6) is 0.764. The highest BCUT2D eigenvalue weighted by Crippen LogP contribution is 2.59. The van der Waals surface area contributed by atoms with E-state index in [0.29, 0.717) is 5.41 Å². The molecule has 2 atom stereocenters. The van der Waals surface area contributed by atoms with Gasteiger partial charge in [0, 0.05) is 22.9 Å². The van der Waals surface area contributed by atoms with Crippen molar-refractivity contribution in [3.8, 4) is 0 Å². The van der Waals surface area contributed by atoms with Gasteiger partial charge in [-0.2, -0.15) is 0 Å². The Bertz CT molecular complexity index is 687. The fraction of sp³-hybridized carbons (Fsp3) is 0.412. The molecule has 0 radical (unpaired) electrons. The summed E-state index contributed by atoms with van der Waals surface area (Å²) in [6.45, 7) is 2.43. The van der Waals surface area contributed by atoms with E-state index in [1.807, 2.05) is 11.3 Å². The topological polar surface area (TPSA) is 12.0 Å². The van der Waals surface area contributed by atoms with E-state index < -0.39 is 0 Å². The molecule has 3 heteroatoms. The summed E-state index contributed by atoms with van der Waals surface area (Å²) in [6.07, 6.45) is 4.04.